The van der Waals surface area contributed by atoms with E-state index in [2.05, 4.69) is 0 Å². The van der Waals surface area contributed by atoms with Crippen LogP contribution in [0, 0.1) is 5.92 Å². The molecule has 1 atom stereocenters. The molecule has 0 N–H and O–H groups in total. The second-order valence-corrected chi connectivity index (χ2v) is 3.50. The highest BCUT2D eigenvalue weighted by molar-refractivity contribution is 6.01. The number of amides is 1. The van der Waals surface area contributed by atoms with Crippen molar-refractivity contribution in [3.05, 3.63) is 0 Å². The lowest BCUT2D eigenvalue weighted by Crippen LogP contribution is -2.36. The van der Waals surface area contributed by atoms with Gasteiger partial charge in [0.15, 0.2) is 0 Å². The zero-order chi connectivity index (χ0) is 9.14. The normalized spacial score (nSPS) is 23.8. The summed E-state index contributed by atoms with van der Waals surface area (Å²) in [4.78, 5) is 24.2. The maximum absolute atomic E-state index is 11.4. The van der Waals surface area contributed by atoms with E-state index in [1.807, 2.05) is 0 Å². The van der Waals surface area contributed by atoms with E-state index in [4.69, 9.17) is 0 Å². The molecule has 3 nitrogen and oxygen atoms in total. The van der Waals surface area contributed by atoms with Crippen molar-refractivity contribution in [3.63, 3.8) is 0 Å². The van der Waals surface area contributed by atoms with E-state index in [9.17, 15) is 9.59 Å². The number of ketones is 1. The van der Waals surface area contributed by atoms with Gasteiger partial charge in [-0.1, -0.05) is 6.42 Å². The zero-order valence-electron chi connectivity index (χ0n) is 7.67. The highest BCUT2D eigenvalue weighted by Crippen LogP contribution is 2.21. The first-order chi connectivity index (χ1) is 5.63. The predicted octanol–water partition coefficient (Wildman–Crippen LogP) is 0.834. The fourth-order valence-electron chi connectivity index (χ4n) is 1.56. The fraction of sp³-hybridized carbons (Fsp3) is 0.778. The smallest absolute Gasteiger partial charge is 0.232 e. The molecule has 0 spiro atoms. The van der Waals surface area contributed by atoms with Crippen LogP contribution >= 0.6 is 0 Å². The lowest BCUT2D eigenvalue weighted by atomic mass is 9.87. The summed E-state index contributed by atoms with van der Waals surface area (Å²) in [6.07, 6.45) is 3.30. The Hall–Kier alpha value is -0.860. The molecule has 0 radical (unpaired) electrons. The van der Waals surface area contributed by atoms with Gasteiger partial charge in [-0.05, 0) is 12.8 Å². The van der Waals surface area contributed by atoms with Gasteiger partial charge in [0.05, 0.1) is 5.92 Å². The van der Waals surface area contributed by atoms with Crippen LogP contribution in [0.2, 0.25) is 0 Å². The Morgan fingerprint density at radius 2 is 2.08 bits per heavy atom. The number of Topliss-reactive ketones (excluding diaryl/α,β-unsaturated/α-hetero) is 1. The monoisotopic (exact) mass is 169 g/mol. The van der Waals surface area contributed by atoms with Crippen LogP contribution < -0.4 is 0 Å². The fourth-order valence-corrected chi connectivity index (χ4v) is 1.56. The van der Waals surface area contributed by atoms with E-state index >= 15 is 0 Å². The van der Waals surface area contributed by atoms with Gasteiger partial charge in [-0.3, -0.25) is 9.59 Å². The molecular weight excluding hydrogens is 154 g/mol. The average Bonchev–Trinajstić information content (AvgIpc) is 2.04. The first kappa shape index (κ1) is 9.23. The summed E-state index contributed by atoms with van der Waals surface area (Å²) < 4.78 is 0. The van der Waals surface area contributed by atoms with Crippen LogP contribution in [0.1, 0.15) is 25.7 Å². The second-order valence-electron chi connectivity index (χ2n) is 3.50. The SMILES string of the molecule is CN(C)C(=O)[C@H]1CCCCC1=O. The van der Waals surface area contributed by atoms with Crippen molar-refractivity contribution in [2.45, 2.75) is 25.7 Å². The number of rotatable bonds is 1. The lowest BCUT2D eigenvalue weighted by Gasteiger charge is -2.22. The third-order valence-electron chi connectivity index (χ3n) is 2.29. The van der Waals surface area contributed by atoms with E-state index in [1.54, 1.807) is 14.1 Å². The Balaban J connectivity index is 2.60. The van der Waals surface area contributed by atoms with E-state index in [0.717, 1.165) is 19.3 Å². The van der Waals surface area contributed by atoms with Crippen molar-refractivity contribution < 1.29 is 9.59 Å². The molecule has 0 aromatic carbocycles. The van der Waals surface area contributed by atoms with E-state index in [1.165, 1.54) is 4.90 Å². The number of hydrogen-bond acceptors (Lipinski definition) is 2. The van der Waals surface area contributed by atoms with Gasteiger partial charge in [-0.15, -0.1) is 0 Å². The van der Waals surface area contributed by atoms with Gasteiger partial charge in [0, 0.05) is 20.5 Å². The summed E-state index contributed by atoms with van der Waals surface area (Å²) in [6, 6.07) is 0. The molecule has 0 heterocycles. The summed E-state index contributed by atoms with van der Waals surface area (Å²) in [5.41, 5.74) is 0. The Kier molecular flexibility index (Phi) is 2.84. The van der Waals surface area contributed by atoms with Crippen LogP contribution in [0.3, 0.4) is 0 Å². The predicted molar refractivity (Wildman–Crippen MR) is 45.7 cm³/mol. The number of nitrogens with zero attached hydrogens (tertiary/aromatic N) is 1. The van der Waals surface area contributed by atoms with Crippen LogP contribution in [-0.4, -0.2) is 30.7 Å². The van der Waals surface area contributed by atoms with E-state index in [0.29, 0.717) is 6.42 Å². The summed E-state index contributed by atoms with van der Waals surface area (Å²) in [7, 11) is 3.40. The number of carbonyl (C=O) groups is 2. The summed E-state index contributed by atoms with van der Waals surface area (Å²) in [5.74, 6) is -0.242. The van der Waals surface area contributed by atoms with Gasteiger partial charge < -0.3 is 4.90 Å². The highest BCUT2D eigenvalue weighted by Gasteiger charge is 2.29. The molecule has 1 saturated carbocycles. The largest absolute Gasteiger partial charge is 0.348 e. The van der Waals surface area contributed by atoms with E-state index in [-0.39, 0.29) is 17.6 Å². The molecule has 0 aromatic rings. The quantitative estimate of drug-likeness (QED) is 0.545. The zero-order valence-corrected chi connectivity index (χ0v) is 7.67. The maximum atomic E-state index is 11.4. The van der Waals surface area contributed by atoms with Gasteiger partial charge in [0.1, 0.15) is 5.78 Å². The van der Waals surface area contributed by atoms with Crippen LogP contribution in [0.4, 0.5) is 0 Å². The van der Waals surface area contributed by atoms with Crippen molar-refractivity contribution in [3.8, 4) is 0 Å². The molecule has 0 saturated heterocycles. The third kappa shape index (κ3) is 1.84. The van der Waals surface area contributed by atoms with Gasteiger partial charge in [-0.25, -0.2) is 0 Å². The Bertz CT molecular complexity index is 199. The summed E-state index contributed by atoms with van der Waals surface area (Å²) in [5, 5.41) is 0. The second kappa shape index (κ2) is 3.70. The Morgan fingerprint density at radius 1 is 1.42 bits per heavy atom. The minimum Gasteiger partial charge on any atom is -0.348 e. The van der Waals surface area contributed by atoms with E-state index < -0.39 is 0 Å². The summed E-state index contributed by atoms with van der Waals surface area (Å²) in [6.45, 7) is 0. The van der Waals surface area contributed by atoms with Crippen molar-refractivity contribution in [2.24, 2.45) is 5.92 Å². The van der Waals surface area contributed by atoms with Crippen molar-refractivity contribution in [2.75, 3.05) is 14.1 Å². The molecule has 1 rings (SSSR count). The molecule has 3 heteroatoms. The van der Waals surface area contributed by atoms with Crippen molar-refractivity contribution in [1.82, 2.24) is 4.90 Å². The molecule has 12 heavy (non-hydrogen) atoms. The average molecular weight is 169 g/mol. The maximum Gasteiger partial charge on any atom is 0.232 e. The molecule has 1 aliphatic rings. The number of hydrogen-bond donors (Lipinski definition) is 0. The Labute approximate surface area is 72.7 Å². The third-order valence-corrected chi connectivity index (χ3v) is 2.29. The van der Waals surface area contributed by atoms with Gasteiger partial charge in [-0.2, -0.15) is 0 Å². The Morgan fingerprint density at radius 3 is 2.58 bits per heavy atom. The standard InChI is InChI=1S/C9H15NO2/c1-10(2)9(12)7-5-3-4-6-8(7)11/h7H,3-6H2,1-2H3/t7-/m0/s1. The first-order valence-electron chi connectivity index (χ1n) is 4.37. The minimum absolute atomic E-state index is 0.0281. The van der Waals surface area contributed by atoms with Crippen molar-refractivity contribution >= 4 is 11.7 Å². The lowest BCUT2D eigenvalue weighted by molar-refractivity contribution is -0.140. The van der Waals surface area contributed by atoms with Crippen molar-refractivity contribution in [1.29, 1.82) is 0 Å². The minimum atomic E-state index is -0.339. The first-order valence-corrected chi connectivity index (χ1v) is 4.37. The molecule has 0 aliphatic heterocycles. The van der Waals surface area contributed by atoms with Crippen LogP contribution in [0.5, 0.6) is 0 Å². The van der Waals surface area contributed by atoms with Gasteiger partial charge in [0.25, 0.3) is 0 Å². The molecule has 1 aliphatic carbocycles. The van der Waals surface area contributed by atoms with Crippen LogP contribution in [0.15, 0.2) is 0 Å². The highest BCUT2D eigenvalue weighted by atomic mass is 16.2. The van der Waals surface area contributed by atoms with Gasteiger partial charge in [0.2, 0.25) is 5.91 Å². The number of carbonyl (C=O) groups excluding carboxylic acids is 2. The summed E-state index contributed by atoms with van der Waals surface area (Å²) >= 11 is 0. The molecule has 0 aromatic heterocycles. The molecule has 0 unspecified atom stereocenters. The topological polar surface area (TPSA) is 37.4 Å². The van der Waals surface area contributed by atoms with Crippen LogP contribution in [-0.2, 0) is 9.59 Å². The molecular formula is C9H15NO2. The van der Waals surface area contributed by atoms with Crippen LogP contribution in [0.25, 0.3) is 0 Å². The van der Waals surface area contributed by atoms with Gasteiger partial charge >= 0.3 is 0 Å². The molecule has 0 bridgehead atoms. The molecule has 1 fully saturated rings. The molecule has 68 valence electrons. The molecule has 1 amide bonds.